The number of likely N-dealkylation sites (tertiary alicyclic amines) is 1. The van der Waals surface area contributed by atoms with E-state index in [1.807, 2.05) is 0 Å². The Hall–Kier alpha value is -0.650. The van der Waals surface area contributed by atoms with Crippen molar-refractivity contribution >= 4 is 5.97 Å². The summed E-state index contributed by atoms with van der Waals surface area (Å²) in [5.74, 6) is -0.864. The molecule has 1 saturated carbocycles. The molecule has 2 rings (SSSR count). The van der Waals surface area contributed by atoms with Crippen LogP contribution in [-0.2, 0) is 9.53 Å². The summed E-state index contributed by atoms with van der Waals surface area (Å²) in [6.07, 6.45) is 4.18. The molecule has 18 heavy (non-hydrogen) atoms. The normalized spacial score (nSPS) is 42.1. The van der Waals surface area contributed by atoms with Gasteiger partial charge in [0.15, 0.2) is 0 Å². The molecule has 0 bridgehead atoms. The van der Waals surface area contributed by atoms with Crippen molar-refractivity contribution in [1.82, 2.24) is 4.90 Å². The summed E-state index contributed by atoms with van der Waals surface area (Å²) in [4.78, 5) is 13.5. The van der Waals surface area contributed by atoms with Gasteiger partial charge in [0.1, 0.15) is 5.54 Å². The lowest BCUT2D eigenvalue weighted by Crippen LogP contribution is -2.52. The first kappa shape index (κ1) is 13.8. The minimum atomic E-state index is -1.02. The number of rotatable bonds is 3. The summed E-state index contributed by atoms with van der Waals surface area (Å²) in [5.41, 5.74) is 4.82. The molecule has 0 aromatic heterocycles. The maximum Gasteiger partial charge on any atom is 0.323 e. The van der Waals surface area contributed by atoms with Gasteiger partial charge in [-0.15, -0.1) is 0 Å². The van der Waals surface area contributed by atoms with Gasteiger partial charge in [-0.05, 0) is 45.6 Å². The quantitative estimate of drug-likeness (QED) is 0.782. The maximum atomic E-state index is 11.2. The van der Waals surface area contributed by atoms with Crippen LogP contribution in [0.5, 0.6) is 0 Å². The minimum Gasteiger partial charge on any atom is -0.480 e. The number of nitrogens with zero attached hydrogens (tertiary/aromatic N) is 1. The second kappa shape index (κ2) is 4.79. The highest BCUT2D eigenvalue weighted by Crippen LogP contribution is 2.35. The number of methoxy groups -OCH3 is 1. The second-order valence-corrected chi connectivity index (χ2v) is 6.09. The molecule has 3 N–H and O–H groups in total. The third-order valence-corrected chi connectivity index (χ3v) is 4.65. The Bertz CT molecular complexity index is 336. The minimum absolute atomic E-state index is 0.0959. The van der Waals surface area contributed by atoms with Gasteiger partial charge in [-0.1, -0.05) is 0 Å². The zero-order valence-corrected chi connectivity index (χ0v) is 11.3. The zero-order valence-electron chi connectivity index (χ0n) is 11.3. The van der Waals surface area contributed by atoms with Crippen molar-refractivity contribution in [3.8, 4) is 0 Å². The van der Waals surface area contributed by atoms with E-state index in [2.05, 4.69) is 11.8 Å². The van der Waals surface area contributed by atoms with Gasteiger partial charge in [0, 0.05) is 19.7 Å². The highest BCUT2D eigenvalue weighted by molar-refractivity contribution is 5.79. The van der Waals surface area contributed by atoms with E-state index >= 15 is 0 Å². The van der Waals surface area contributed by atoms with Crippen LogP contribution in [0.25, 0.3) is 0 Å². The summed E-state index contributed by atoms with van der Waals surface area (Å²) in [5, 5.41) is 9.17. The van der Waals surface area contributed by atoms with Crippen molar-refractivity contribution in [3.05, 3.63) is 0 Å². The molecule has 0 amide bonds. The Kier molecular flexibility index (Phi) is 3.67. The van der Waals surface area contributed by atoms with E-state index in [0.717, 1.165) is 32.4 Å². The SMILES string of the molecule is COC1(C)CCCN(C2CCC(N)(C(=O)O)C2)C1. The average molecular weight is 256 g/mol. The van der Waals surface area contributed by atoms with Crippen molar-refractivity contribution < 1.29 is 14.6 Å². The molecule has 3 unspecified atom stereocenters. The Morgan fingerprint density at radius 3 is 2.78 bits per heavy atom. The van der Waals surface area contributed by atoms with E-state index in [-0.39, 0.29) is 5.60 Å². The number of nitrogens with two attached hydrogens (primary N) is 1. The van der Waals surface area contributed by atoms with Crippen LogP contribution in [0, 0.1) is 0 Å². The molecular formula is C13H24N2O3. The lowest BCUT2D eigenvalue weighted by atomic mass is 9.92. The number of hydrogen-bond acceptors (Lipinski definition) is 4. The summed E-state index contributed by atoms with van der Waals surface area (Å²) in [7, 11) is 1.75. The number of aliphatic carboxylic acids is 1. The molecule has 1 aliphatic heterocycles. The van der Waals surface area contributed by atoms with Gasteiger partial charge in [0.25, 0.3) is 0 Å². The molecular weight excluding hydrogens is 232 g/mol. The third kappa shape index (κ3) is 2.53. The molecule has 5 nitrogen and oxygen atoms in total. The van der Waals surface area contributed by atoms with Crippen LogP contribution in [0.2, 0.25) is 0 Å². The van der Waals surface area contributed by atoms with Crippen molar-refractivity contribution in [3.63, 3.8) is 0 Å². The smallest absolute Gasteiger partial charge is 0.323 e. The fourth-order valence-electron chi connectivity index (χ4n) is 3.28. The average Bonchev–Trinajstić information content (AvgIpc) is 2.74. The molecule has 0 spiro atoms. The largest absolute Gasteiger partial charge is 0.480 e. The summed E-state index contributed by atoms with van der Waals surface area (Å²) >= 11 is 0. The molecule has 0 radical (unpaired) electrons. The van der Waals surface area contributed by atoms with Crippen LogP contribution >= 0.6 is 0 Å². The van der Waals surface area contributed by atoms with Crippen LogP contribution in [-0.4, -0.2) is 53.4 Å². The van der Waals surface area contributed by atoms with E-state index in [1.54, 1.807) is 7.11 Å². The van der Waals surface area contributed by atoms with Crippen LogP contribution in [0.15, 0.2) is 0 Å². The van der Waals surface area contributed by atoms with E-state index in [4.69, 9.17) is 15.6 Å². The fraction of sp³-hybridized carbons (Fsp3) is 0.923. The number of carboxylic acid groups (broad SMARTS) is 1. The molecule has 1 heterocycles. The predicted molar refractivity (Wildman–Crippen MR) is 68.4 cm³/mol. The van der Waals surface area contributed by atoms with Gasteiger partial charge in [-0.25, -0.2) is 0 Å². The number of ether oxygens (including phenoxy) is 1. The van der Waals surface area contributed by atoms with Crippen molar-refractivity contribution in [1.29, 1.82) is 0 Å². The van der Waals surface area contributed by atoms with E-state index < -0.39 is 11.5 Å². The van der Waals surface area contributed by atoms with Crippen LogP contribution < -0.4 is 5.73 Å². The number of hydrogen-bond donors (Lipinski definition) is 2. The summed E-state index contributed by atoms with van der Waals surface area (Å²) in [6, 6.07) is 0.292. The molecule has 1 saturated heterocycles. The van der Waals surface area contributed by atoms with Crippen molar-refractivity contribution in [2.75, 3.05) is 20.2 Å². The van der Waals surface area contributed by atoms with Gasteiger partial charge in [0.05, 0.1) is 5.60 Å². The molecule has 1 aliphatic carbocycles. The fourth-order valence-corrected chi connectivity index (χ4v) is 3.28. The summed E-state index contributed by atoms with van der Waals surface area (Å²) < 4.78 is 5.58. The molecule has 2 aliphatic rings. The first-order chi connectivity index (χ1) is 8.38. The number of carbonyl (C=O) groups is 1. The molecule has 5 heteroatoms. The Labute approximate surface area is 108 Å². The lowest BCUT2D eigenvalue weighted by Gasteiger charge is -2.42. The highest BCUT2D eigenvalue weighted by atomic mass is 16.5. The number of piperidine rings is 1. The van der Waals surface area contributed by atoms with E-state index in [1.165, 1.54) is 0 Å². The van der Waals surface area contributed by atoms with E-state index in [9.17, 15) is 4.79 Å². The second-order valence-electron chi connectivity index (χ2n) is 6.09. The molecule has 0 aromatic carbocycles. The molecule has 3 atom stereocenters. The number of carboxylic acids is 1. The first-order valence-electron chi connectivity index (χ1n) is 6.70. The lowest BCUT2D eigenvalue weighted by molar-refractivity contribution is -0.143. The highest BCUT2D eigenvalue weighted by Gasteiger charge is 2.45. The van der Waals surface area contributed by atoms with Gasteiger partial charge in [-0.2, -0.15) is 0 Å². The van der Waals surface area contributed by atoms with Gasteiger partial charge >= 0.3 is 5.97 Å². The van der Waals surface area contributed by atoms with Crippen molar-refractivity contribution in [2.45, 2.75) is 56.2 Å². The van der Waals surface area contributed by atoms with Crippen LogP contribution in [0.1, 0.15) is 39.0 Å². The van der Waals surface area contributed by atoms with Crippen molar-refractivity contribution in [2.24, 2.45) is 5.73 Å². The molecule has 0 aromatic rings. The Morgan fingerprint density at radius 2 is 2.22 bits per heavy atom. The standard InChI is InChI=1S/C13H24N2O3/c1-12(18-2)5-3-7-15(9-12)10-4-6-13(14,8-10)11(16)17/h10H,3-9,14H2,1-2H3,(H,16,17). The predicted octanol–water partition coefficient (Wildman–Crippen LogP) is 0.822. The first-order valence-corrected chi connectivity index (χ1v) is 6.70. The Morgan fingerprint density at radius 1 is 1.50 bits per heavy atom. The maximum absolute atomic E-state index is 11.2. The summed E-state index contributed by atoms with van der Waals surface area (Å²) in [6.45, 7) is 4.03. The van der Waals surface area contributed by atoms with Crippen LogP contribution in [0.3, 0.4) is 0 Å². The molecule has 2 fully saturated rings. The van der Waals surface area contributed by atoms with Gasteiger partial charge in [0.2, 0.25) is 0 Å². The van der Waals surface area contributed by atoms with Gasteiger partial charge in [-0.3, -0.25) is 9.69 Å². The zero-order chi connectivity index (χ0) is 13.4. The third-order valence-electron chi connectivity index (χ3n) is 4.65. The molecule has 104 valence electrons. The Balaban J connectivity index is 1.99. The van der Waals surface area contributed by atoms with Gasteiger partial charge < -0.3 is 15.6 Å². The monoisotopic (exact) mass is 256 g/mol. The van der Waals surface area contributed by atoms with E-state index in [0.29, 0.717) is 18.9 Å². The topological polar surface area (TPSA) is 75.8 Å². The van der Waals surface area contributed by atoms with Crippen LogP contribution in [0.4, 0.5) is 0 Å².